The quantitative estimate of drug-likeness (QED) is 0.209. The maximum atomic E-state index is 14.6. The van der Waals surface area contributed by atoms with Crippen LogP contribution in [0.5, 0.6) is 0 Å². The molecule has 1 saturated carbocycles. The number of carboxylic acids is 1. The van der Waals surface area contributed by atoms with Gasteiger partial charge in [-0.3, -0.25) is 0 Å². The molecule has 0 bridgehead atoms. The number of hydrogen-bond donors (Lipinski definition) is 1. The van der Waals surface area contributed by atoms with E-state index >= 15 is 0 Å². The molecule has 5 rings (SSSR count). The highest BCUT2D eigenvalue weighted by atomic mass is 35.5. The zero-order chi connectivity index (χ0) is 29.3. The van der Waals surface area contributed by atoms with Gasteiger partial charge in [0.1, 0.15) is 12.4 Å². The van der Waals surface area contributed by atoms with Crippen LogP contribution in [0.1, 0.15) is 48.5 Å². The number of carboxylic acid groups (broad SMARTS) is 1. The van der Waals surface area contributed by atoms with Crippen LogP contribution in [0, 0.1) is 17.6 Å². The molecule has 1 unspecified atom stereocenters. The number of alkyl halides is 3. The second kappa shape index (κ2) is 11.7. The minimum atomic E-state index is -4.56. The molecule has 1 fully saturated rings. The summed E-state index contributed by atoms with van der Waals surface area (Å²) in [6, 6.07) is 13.4. The highest BCUT2D eigenvalue weighted by molar-refractivity contribution is 6.30. The fourth-order valence-corrected chi connectivity index (χ4v) is 5.83. The van der Waals surface area contributed by atoms with E-state index in [1.54, 1.807) is 28.8 Å². The molecule has 0 aliphatic heterocycles. The number of halogens is 6. The van der Waals surface area contributed by atoms with Gasteiger partial charge < -0.3 is 14.6 Å². The van der Waals surface area contributed by atoms with Gasteiger partial charge in [-0.15, -0.1) is 0 Å². The van der Waals surface area contributed by atoms with Crippen LogP contribution in [-0.2, 0) is 0 Å². The van der Waals surface area contributed by atoms with E-state index in [9.17, 15) is 31.9 Å². The number of aromatic carboxylic acids is 1. The van der Waals surface area contributed by atoms with Crippen molar-refractivity contribution in [2.24, 2.45) is 5.92 Å². The Morgan fingerprint density at radius 2 is 1.63 bits per heavy atom. The molecular weight excluding hydrogens is 565 g/mol. The lowest BCUT2D eigenvalue weighted by Gasteiger charge is -2.37. The van der Waals surface area contributed by atoms with E-state index in [4.69, 9.17) is 11.6 Å². The number of benzene rings is 3. The van der Waals surface area contributed by atoms with Crippen molar-refractivity contribution >= 4 is 34.3 Å². The average molecular weight is 592 g/mol. The largest absolute Gasteiger partial charge is 0.478 e. The summed E-state index contributed by atoms with van der Waals surface area (Å²) in [5.74, 6) is -3.05. The predicted octanol–water partition coefficient (Wildman–Crippen LogP) is 8.52. The Morgan fingerprint density at radius 3 is 2.24 bits per heavy atom. The number of rotatable bonds is 8. The molecule has 4 aromatic rings. The van der Waals surface area contributed by atoms with Crippen LogP contribution in [0.25, 0.3) is 22.4 Å². The normalized spacial score (nSPS) is 15.3. The summed E-state index contributed by atoms with van der Waals surface area (Å²) in [7, 11) is 0. The summed E-state index contributed by atoms with van der Waals surface area (Å²) in [5.41, 5.74) is 1.20. The van der Waals surface area contributed by atoms with Crippen molar-refractivity contribution in [2.45, 2.75) is 44.3 Å². The van der Waals surface area contributed by atoms with Gasteiger partial charge in [-0.2, -0.15) is 13.2 Å². The van der Waals surface area contributed by atoms with Crippen LogP contribution < -0.4 is 4.90 Å². The number of hydrogen-bond acceptors (Lipinski definition) is 3. The maximum Gasteiger partial charge on any atom is 0.405 e. The van der Waals surface area contributed by atoms with E-state index in [-0.39, 0.29) is 34.7 Å². The number of aromatic nitrogens is 2. The molecular formula is C30H27ClF5N3O2. The molecule has 216 valence electrons. The molecule has 0 spiro atoms. The van der Waals surface area contributed by atoms with Crippen molar-refractivity contribution < 1.29 is 31.9 Å². The van der Waals surface area contributed by atoms with E-state index in [2.05, 4.69) is 4.98 Å². The SMILES string of the molecule is O=C(O)c1ccc(N(CC(C2CCCCC2)n2c(-c3ccc(Cl)cc3)nc3cc(F)c(F)cc32)CC(F)(F)F)cc1. The van der Waals surface area contributed by atoms with E-state index in [0.29, 0.717) is 16.4 Å². The van der Waals surface area contributed by atoms with E-state index in [1.165, 1.54) is 29.2 Å². The van der Waals surface area contributed by atoms with Crippen molar-refractivity contribution in [3.05, 3.63) is 82.9 Å². The van der Waals surface area contributed by atoms with Gasteiger partial charge in [0.05, 0.1) is 22.6 Å². The Morgan fingerprint density at radius 1 is 1.00 bits per heavy atom. The van der Waals surface area contributed by atoms with Crippen LogP contribution in [-0.4, -0.2) is 39.9 Å². The molecule has 3 aromatic carbocycles. The van der Waals surface area contributed by atoms with Crippen LogP contribution in [0.4, 0.5) is 27.6 Å². The van der Waals surface area contributed by atoms with Crippen LogP contribution in [0.15, 0.2) is 60.7 Å². The Kier molecular flexibility index (Phi) is 8.22. The van der Waals surface area contributed by atoms with Gasteiger partial charge in [0.2, 0.25) is 0 Å². The lowest BCUT2D eigenvalue weighted by atomic mass is 9.83. The van der Waals surface area contributed by atoms with Gasteiger partial charge in [-0.05, 0) is 67.3 Å². The minimum absolute atomic E-state index is 0.0485. The molecule has 1 atom stereocenters. The van der Waals surface area contributed by atoms with E-state index in [1.807, 2.05) is 0 Å². The number of imidazole rings is 1. The van der Waals surface area contributed by atoms with Gasteiger partial charge in [0, 0.05) is 35.0 Å². The molecule has 1 N–H and O–H groups in total. The summed E-state index contributed by atoms with van der Waals surface area (Å²) >= 11 is 6.10. The lowest BCUT2D eigenvalue weighted by Crippen LogP contribution is -2.41. The molecule has 41 heavy (non-hydrogen) atoms. The first-order valence-electron chi connectivity index (χ1n) is 13.3. The molecule has 0 saturated heterocycles. The summed E-state index contributed by atoms with van der Waals surface area (Å²) in [5, 5.41) is 9.74. The zero-order valence-electron chi connectivity index (χ0n) is 21.8. The minimum Gasteiger partial charge on any atom is -0.478 e. The summed E-state index contributed by atoms with van der Waals surface area (Å²) in [4.78, 5) is 17.1. The Bertz CT molecular complexity index is 1530. The predicted molar refractivity (Wildman–Crippen MR) is 147 cm³/mol. The van der Waals surface area contributed by atoms with Crippen molar-refractivity contribution in [1.29, 1.82) is 0 Å². The monoisotopic (exact) mass is 591 g/mol. The molecule has 1 aliphatic rings. The van der Waals surface area contributed by atoms with Crippen molar-refractivity contribution in [3.63, 3.8) is 0 Å². The summed E-state index contributed by atoms with van der Waals surface area (Å²) in [6.45, 7) is -1.41. The first kappa shape index (κ1) is 28.9. The highest BCUT2D eigenvalue weighted by Gasteiger charge is 2.36. The Hall–Kier alpha value is -3.66. The lowest BCUT2D eigenvalue weighted by molar-refractivity contribution is -0.120. The molecule has 1 aliphatic carbocycles. The van der Waals surface area contributed by atoms with E-state index < -0.39 is 36.4 Å². The van der Waals surface area contributed by atoms with Crippen LogP contribution in [0.3, 0.4) is 0 Å². The molecule has 1 aromatic heterocycles. The van der Waals surface area contributed by atoms with Crippen LogP contribution in [0.2, 0.25) is 5.02 Å². The standard InChI is InChI=1S/C30H27ClF5N3O2/c31-21-10-6-19(7-11-21)28-37-25-14-23(32)24(33)15-26(25)39(28)27(18-4-2-1-3-5-18)16-38(17-30(34,35)36)22-12-8-20(9-13-22)29(40)41/h6-15,18,27H,1-5,16-17H2,(H,40,41). The van der Waals surface area contributed by atoms with Crippen molar-refractivity contribution in [1.82, 2.24) is 9.55 Å². The van der Waals surface area contributed by atoms with Gasteiger partial charge in [-0.1, -0.05) is 30.9 Å². The summed E-state index contributed by atoms with van der Waals surface area (Å²) < 4.78 is 72.4. The highest BCUT2D eigenvalue weighted by Crippen LogP contribution is 2.40. The molecule has 1 heterocycles. The first-order valence-corrected chi connectivity index (χ1v) is 13.7. The third-order valence-electron chi connectivity index (χ3n) is 7.62. The third-order valence-corrected chi connectivity index (χ3v) is 7.87. The smallest absolute Gasteiger partial charge is 0.405 e. The number of fused-ring (bicyclic) bond motifs is 1. The molecule has 11 heteroatoms. The van der Waals surface area contributed by atoms with Crippen molar-refractivity contribution in [2.75, 3.05) is 18.0 Å². The third kappa shape index (κ3) is 6.48. The van der Waals surface area contributed by atoms with Gasteiger partial charge in [0.15, 0.2) is 11.6 Å². The molecule has 5 nitrogen and oxygen atoms in total. The molecule has 0 amide bonds. The second-order valence-electron chi connectivity index (χ2n) is 10.4. The maximum absolute atomic E-state index is 14.6. The molecule has 0 radical (unpaired) electrons. The summed E-state index contributed by atoms with van der Waals surface area (Å²) in [6.07, 6.45) is -0.300. The topological polar surface area (TPSA) is 58.4 Å². The second-order valence-corrected chi connectivity index (χ2v) is 10.8. The van der Waals surface area contributed by atoms with Gasteiger partial charge >= 0.3 is 12.1 Å². The number of carbonyl (C=O) groups is 1. The van der Waals surface area contributed by atoms with Gasteiger partial charge in [0.25, 0.3) is 0 Å². The fraction of sp³-hybridized carbons (Fsp3) is 0.333. The van der Waals surface area contributed by atoms with Gasteiger partial charge in [-0.25, -0.2) is 18.6 Å². The van der Waals surface area contributed by atoms with Crippen LogP contribution >= 0.6 is 11.6 Å². The Balaban J connectivity index is 1.68. The first-order chi connectivity index (χ1) is 19.5. The van der Waals surface area contributed by atoms with Crippen molar-refractivity contribution in [3.8, 4) is 11.4 Å². The fourth-order valence-electron chi connectivity index (χ4n) is 5.71. The van der Waals surface area contributed by atoms with E-state index in [0.717, 1.165) is 44.2 Å². The number of nitrogens with zero attached hydrogens (tertiary/aromatic N) is 3. The zero-order valence-corrected chi connectivity index (χ0v) is 22.6. The Labute approximate surface area is 238 Å². The average Bonchev–Trinajstić information content (AvgIpc) is 3.29. The number of anilines is 1.